The van der Waals surface area contributed by atoms with Crippen LogP contribution in [0.3, 0.4) is 0 Å². The van der Waals surface area contributed by atoms with Gasteiger partial charge in [-0.05, 0) is 86.0 Å². The van der Waals surface area contributed by atoms with Crippen molar-refractivity contribution in [3.05, 3.63) is 65.1 Å². The summed E-state index contributed by atoms with van der Waals surface area (Å²) in [5.74, 6) is 1.20. The molecule has 2 aromatic heterocycles. The zero-order valence-electron chi connectivity index (χ0n) is 21.2. The van der Waals surface area contributed by atoms with Gasteiger partial charge in [0.2, 0.25) is 5.91 Å². The second kappa shape index (κ2) is 9.62. The molecule has 1 saturated carbocycles. The molecule has 2 aliphatic heterocycles. The predicted octanol–water partition coefficient (Wildman–Crippen LogP) is 4.60. The number of fused-ring (bicyclic) bond motifs is 1. The molecule has 4 heterocycles. The molecule has 7 nitrogen and oxygen atoms in total. The molecule has 0 unspecified atom stereocenters. The molecule has 8 heteroatoms. The van der Waals surface area contributed by atoms with Crippen molar-refractivity contribution in [2.45, 2.75) is 50.2 Å². The van der Waals surface area contributed by atoms with Gasteiger partial charge in [-0.25, -0.2) is 4.98 Å². The summed E-state index contributed by atoms with van der Waals surface area (Å²) >= 11 is 6.74. The van der Waals surface area contributed by atoms with E-state index in [1.165, 1.54) is 0 Å². The van der Waals surface area contributed by atoms with Crippen LogP contribution in [-0.4, -0.2) is 63.8 Å². The molecule has 5 atom stereocenters. The topological polar surface area (TPSA) is 87.6 Å². The number of piperidine rings is 1. The highest BCUT2D eigenvalue weighted by Crippen LogP contribution is 2.53. The fraction of sp³-hybridized carbons (Fsp3) is 0.483. The molecule has 1 amide bonds. The molecule has 6 rings (SSSR count). The number of nitrogens with one attached hydrogen (secondary N) is 1. The number of amides is 1. The summed E-state index contributed by atoms with van der Waals surface area (Å²) in [6, 6.07) is 11.9. The van der Waals surface area contributed by atoms with Crippen LogP contribution in [0.5, 0.6) is 0 Å². The second-order valence-corrected chi connectivity index (χ2v) is 11.5. The fourth-order valence-corrected chi connectivity index (χ4v) is 6.65. The average Bonchev–Trinajstić information content (AvgIpc) is 3.47. The molecule has 3 fully saturated rings. The standard InChI is InChI=1S/C29H33ClN4O3/c1-17-26(23-5-3-4-8-31-23)27(17)28(36)33-25-13-19-11-21(22(30)12-20(19)14-32-25)18-6-9-34(10-7-18)29(2)16-37-15-24(29)35/h3-5,8,11-14,17-18,24,26-27,35H,6-7,9-10,15-16H2,1-2H3,(H,32,33,36)/t17-,24+,26-,27-,29-/m1/s1. The number of benzene rings is 1. The van der Waals surface area contributed by atoms with Crippen molar-refractivity contribution in [3.8, 4) is 0 Å². The molecule has 0 radical (unpaired) electrons. The number of halogens is 1. The van der Waals surface area contributed by atoms with Gasteiger partial charge in [0.25, 0.3) is 0 Å². The molecule has 0 bridgehead atoms. The Morgan fingerprint density at radius 1 is 1.19 bits per heavy atom. The quantitative estimate of drug-likeness (QED) is 0.511. The molecule has 2 saturated heterocycles. The Morgan fingerprint density at radius 2 is 2.00 bits per heavy atom. The van der Waals surface area contributed by atoms with Crippen molar-refractivity contribution in [1.82, 2.24) is 14.9 Å². The van der Waals surface area contributed by atoms with Gasteiger partial charge in [0.05, 0.1) is 30.8 Å². The van der Waals surface area contributed by atoms with Crippen LogP contribution in [0, 0.1) is 11.8 Å². The normalized spacial score (nSPS) is 30.5. The van der Waals surface area contributed by atoms with Gasteiger partial charge in [0.1, 0.15) is 5.82 Å². The number of rotatable bonds is 5. The summed E-state index contributed by atoms with van der Waals surface area (Å²) in [6.45, 7) is 6.95. The summed E-state index contributed by atoms with van der Waals surface area (Å²) in [6.07, 6.45) is 5.04. The summed E-state index contributed by atoms with van der Waals surface area (Å²) in [5, 5.41) is 16.2. The van der Waals surface area contributed by atoms with Gasteiger partial charge in [-0.15, -0.1) is 0 Å². The van der Waals surface area contributed by atoms with E-state index < -0.39 is 6.10 Å². The van der Waals surface area contributed by atoms with Gasteiger partial charge in [-0.3, -0.25) is 14.7 Å². The van der Waals surface area contributed by atoms with Gasteiger partial charge in [-0.2, -0.15) is 0 Å². The first-order chi connectivity index (χ1) is 17.8. The highest BCUT2D eigenvalue weighted by Gasteiger charge is 2.53. The van der Waals surface area contributed by atoms with E-state index in [1.807, 2.05) is 30.3 Å². The third kappa shape index (κ3) is 4.52. The lowest BCUT2D eigenvalue weighted by molar-refractivity contribution is -0.117. The number of likely N-dealkylation sites (tertiary alicyclic amines) is 1. The smallest absolute Gasteiger partial charge is 0.229 e. The molecular weight excluding hydrogens is 488 g/mol. The first-order valence-corrected chi connectivity index (χ1v) is 13.5. The van der Waals surface area contributed by atoms with Gasteiger partial charge in [0, 0.05) is 34.4 Å². The van der Waals surface area contributed by atoms with Crippen molar-refractivity contribution in [2.24, 2.45) is 11.8 Å². The number of carbonyl (C=O) groups is 1. The van der Waals surface area contributed by atoms with Crippen LogP contribution in [0.1, 0.15) is 49.8 Å². The first kappa shape index (κ1) is 24.7. The minimum Gasteiger partial charge on any atom is -0.389 e. The maximum absolute atomic E-state index is 13.0. The zero-order valence-corrected chi connectivity index (χ0v) is 22.0. The third-order valence-corrected chi connectivity index (χ3v) is 9.17. The maximum atomic E-state index is 13.0. The molecule has 2 N–H and O–H groups in total. The van der Waals surface area contributed by atoms with E-state index in [0.717, 1.165) is 53.0 Å². The number of nitrogens with zero attached hydrogens (tertiary/aromatic N) is 3. The van der Waals surface area contributed by atoms with Gasteiger partial charge in [-0.1, -0.05) is 24.6 Å². The Balaban J connectivity index is 1.16. The van der Waals surface area contributed by atoms with E-state index in [-0.39, 0.29) is 29.2 Å². The van der Waals surface area contributed by atoms with E-state index in [1.54, 1.807) is 12.4 Å². The average molecular weight is 521 g/mol. The van der Waals surface area contributed by atoms with E-state index in [4.69, 9.17) is 16.3 Å². The highest BCUT2D eigenvalue weighted by molar-refractivity contribution is 6.32. The minimum absolute atomic E-state index is 0.0110. The molecule has 194 valence electrons. The third-order valence-electron chi connectivity index (χ3n) is 8.84. The van der Waals surface area contributed by atoms with Gasteiger partial charge in [0.15, 0.2) is 0 Å². The van der Waals surface area contributed by atoms with Crippen LogP contribution in [-0.2, 0) is 9.53 Å². The SMILES string of the molecule is C[C@H]1[C@@H](C(=O)Nc2cc3cc(C4CCN([C@]5(C)COC[C@@H]5O)CC4)c(Cl)cc3cn2)[C@H]1c1ccccn1. The number of ether oxygens (including phenoxy) is 1. The van der Waals surface area contributed by atoms with E-state index in [2.05, 4.69) is 40.1 Å². The maximum Gasteiger partial charge on any atom is 0.229 e. The van der Waals surface area contributed by atoms with Gasteiger partial charge < -0.3 is 15.2 Å². The first-order valence-electron chi connectivity index (χ1n) is 13.2. The number of carbonyl (C=O) groups excluding carboxylic acids is 1. The van der Waals surface area contributed by atoms with E-state index >= 15 is 0 Å². The van der Waals surface area contributed by atoms with Crippen molar-refractivity contribution >= 4 is 34.1 Å². The molecule has 3 aromatic rings. The number of hydrogen-bond donors (Lipinski definition) is 2. The Morgan fingerprint density at radius 3 is 2.70 bits per heavy atom. The zero-order chi connectivity index (χ0) is 25.7. The number of aliphatic hydroxyl groups excluding tert-OH is 1. The highest BCUT2D eigenvalue weighted by atomic mass is 35.5. The molecule has 1 aromatic carbocycles. The fourth-order valence-electron chi connectivity index (χ4n) is 6.32. The Labute approximate surface area is 222 Å². The number of pyridine rings is 2. The molecule has 0 spiro atoms. The van der Waals surface area contributed by atoms with E-state index in [0.29, 0.717) is 24.9 Å². The Hall–Kier alpha value is -2.58. The Bertz CT molecular complexity index is 1310. The minimum atomic E-state index is -0.452. The molecular formula is C29H33ClN4O3. The summed E-state index contributed by atoms with van der Waals surface area (Å²) in [5.41, 5.74) is 1.79. The van der Waals surface area contributed by atoms with Crippen molar-refractivity contribution in [3.63, 3.8) is 0 Å². The van der Waals surface area contributed by atoms with Gasteiger partial charge >= 0.3 is 0 Å². The number of aliphatic hydroxyl groups is 1. The molecule has 3 aliphatic rings. The van der Waals surface area contributed by atoms with Crippen LogP contribution in [0.2, 0.25) is 5.02 Å². The van der Waals surface area contributed by atoms with Crippen molar-refractivity contribution in [2.75, 3.05) is 31.6 Å². The lowest BCUT2D eigenvalue weighted by atomic mass is 9.85. The summed E-state index contributed by atoms with van der Waals surface area (Å²) < 4.78 is 5.54. The van der Waals surface area contributed by atoms with Crippen LogP contribution < -0.4 is 5.32 Å². The summed E-state index contributed by atoms with van der Waals surface area (Å²) in [7, 11) is 0. The number of anilines is 1. The largest absolute Gasteiger partial charge is 0.389 e. The number of hydrogen-bond acceptors (Lipinski definition) is 6. The predicted molar refractivity (Wildman–Crippen MR) is 144 cm³/mol. The molecule has 1 aliphatic carbocycles. The van der Waals surface area contributed by atoms with Crippen LogP contribution in [0.15, 0.2) is 48.8 Å². The Kier molecular flexibility index (Phi) is 6.43. The van der Waals surface area contributed by atoms with Crippen LogP contribution in [0.25, 0.3) is 10.8 Å². The van der Waals surface area contributed by atoms with Crippen LogP contribution in [0.4, 0.5) is 5.82 Å². The number of aromatic nitrogens is 2. The lowest BCUT2D eigenvalue weighted by Gasteiger charge is -2.43. The van der Waals surface area contributed by atoms with E-state index in [9.17, 15) is 9.90 Å². The second-order valence-electron chi connectivity index (χ2n) is 11.1. The summed E-state index contributed by atoms with van der Waals surface area (Å²) in [4.78, 5) is 24.3. The van der Waals surface area contributed by atoms with Crippen molar-refractivity contribution in [1.29, 1.82) is 0 Å². The van der Waals surface area contributed by atoms with Crippen molar-refractivity contribution < 1.29 is 14.6 Å². The lowest BCUT2D eigenvalue weighted by Crippen LogP contribution is -2.56. The van der Waals surface area contributed by atoms with Crippen LogP contribution >= 0.6 is 11.6 Å². The monoisotopic (exact) mass is 520 g/mol. The molecule has 37 heavy (non-hydrogen) atoms.